The maximum absolute atomic E-state index is 13.8. The predicted molar refractivity (Wildman–Crippen MR) is 141 cm³/mol. The van der Waals surface area contributed by atoms with Crippen LogP contribution in [0.3, 0.4) is 0 Å². The Labute approximate surface area is 216 Å². The summed E-state index contributed by atoms with van der Waals surface area (Å²) < 4.78 is 13.8. The molecule has 0 aliphatic carbocycles. The Balaban J connectivity index is 0.000000751. The van der Waals surface area contributed by atoms with Gasteiger partial charge in [-0.05, 0) is 18.2 Å². The van der Waals surface area contributed by atoms with E-state index in [-0.39, 0.29) is 35.9 Å². The van der Waals surface area contributed by atoms with E-state index in [4.69, 9.17) is 15.3 Å². The van der Waals surface area contributed by atoms with Crippen LogP contribution in [0.25, 0.3) is 0 Å². The minimum Gasteiger partial charge on any atom is -0.481 e. The van der Waals surface area contributed by atoms with Crippen LogP contribution in [-0.2, 0) is 18.9 Å². The van der Waals surface area contributed by atoms with Crippen molar-refractivity contribution >= 4 is 41.0 Å². The van der Waals surface area contributed by atoms with E-state index in [1.54, 1.807) is 20.8 Å². The van der Waals surface area contributed by atoms with E-state index in [0.717, 1.165) is 0 Å². The summed E-state index contributed by atoms with van der Waals surface area (Å²) in [5.74, 6) is -2.24. The zero-order valence-electron chi connectivity index (χ0n) is 21.0. The van der Waals surface area contributed by atoms with Gasteiger partial charge in [-0.15, -0.1) is 0 Å². The Morgan fingerprint density at radius 3 is 0.921 bits per heavy atom. The van der Waals surface area contributed by atoms with Crippen LogP contribution in [0.15, 0.2) is 69.4 Å². The van der Waals surface area contributed by atoms with Crippen LogP contribution in [-0.4, -0.2) is 48.2 Å². The van der Waals surface area contributed by atoms with E-state index in [2.05, 4.69) is 15.0 Å². The number of rotatable bonds is 6. The molecule has 3 aromatic rings. The highest BCUT2D eigenvalue weighted by Gasteiger charge is 2.30. The molecule has 3 aromatic heterocycles. The molecule has 0 bridgehead atoms. The highest BCUT2D eigenvalue weighted by atomic mass is 31.2. The third-order valence-electron chi connectivity index (χ3n) is 4.30. The first-order valence-electron chi connectivity index (χ1n) is 11.1. The molecule has 0 amide bonds. The topological polar surface area (TPSA) is 228 Å². The Morgan fingerprint density at radius 1 is 0.579 bits per heavy atom. The summed E-state index contributed by atoms with van der Waals surface area (Å²) in [4.78, 5) is 69.4. The molecule has 0 spiro atoms. The molecule has 38 heavy (non-hydrogen) atoms. The number of aromatic amines is 3. The molecule has 3 rings (SSSR count). The van der Waals surface area contributed by atoms with Gasteiger partial charge < -0.3 is 34.8 Å². The predicted octanol–water partition coefficient (Wildman–Crippen LogP) is 0.834. The summed E-state index contributed by atoms with van der Waals surface area (Å²) in [6.07, 6.45) is 4.79. The summed E-state index contributed by atoms with van der Waals surface area (Å²) in [7, 11) is -3.35. The highest BCUT2D eigenvalue weighted by Crippen LogP contribution is 2.40. The Morgan fingerprint density at radius 2 is 0.789 bits per heavy atom. The number of carboxylic acid groups (broad SMARTS) is 3. The van der Waals surface area contributed by atoms with Crippen LogP contribution in [0.4, 0.5) is 0 Å². The molecule has 0 radical (unpaired) electrons. The van der Waals surface area contributed by atoms with Crippen molar-refractivity contribution in [3.8, 4) is 0 Å². The summed E-state index contributed by atoms with van der Waals surface area (Å²) >= 11 is 0. The molecular weight excluding hydrogens is 521 g/mol. The number of carbonyl (C=O) groups is 3. The molecule has 0 unspecified atom stereocenters. The first kappa shape index (κ1) is 33.5. The number of hydrogen-bond acceptors (Lipinski definition) is 7. The number of aliphatic carboxylic acids is 3. The first-order chi connectivity index (χ1) is 17.8. The number of H-pyrrole nitrogens is 3. The summed E-state index contributed by atoms with van der Waals surface area (Å²) in [5.41, 5.74) is -0.949. The lowest BCUT2D eigenvalue weighted by molar-refractivity contribution is -0.137. The fourth-order valence-corrected chi connectivity index (χ4v) is 4.73. The number of aromatic nitrogens is 3. The van der Waals surface area contributed by atoms with Crippen LogP contribution in [0.1, 0.15) is 40.0 Å². The standard InChI is InChI=1S/C15H12N3O4P.3C3H6O2/c19-13-4-1-10(7-16-13)23(22,11-2-5-14(20)17-8-11)12-3-6-15(21)18-9-12;3*1-2-3(4)5/h1-9H,(H,16,19)(H,17,20)(H,18,21);3*2H2,1H3,(H,4,5). The van der Waals surface area contributed by atoms with Gasteiger partial charge in [-0.1, -0.05) is 20.8 Å². The molecule has 0 aliphatic heterocycles. The van der Waals surface area contributed by atoms with Gasteiger partial charge in [0.05, 0.1) is 0 Å². The smallest absolute Gasteiger partial charge is 0.303 e. The van der Waals surface area contributed by atoms with E-state index in [1.807, 2.05) is 0 Å². The molecule has 6 N–H and O–H groups in total. The molecule has 0 saturated carbocycles. The van der Waals surface area contributed by atoms with Crippen molar-refractivity contribution in [3.63, 3.8) is 0 Å². The second-order valence-electron chi connectivity index (χ2n) is 7.08. The van der Waals surface area contributed by atoms with Crippen LogP contribution in [0.5, 0.6) is 0 Å². The van der Waals surface area contributed by atoms with Crippen molar-refractivity contribution < 1.29 is 34.3 Å². The lowest BCUT2D eigenvalue weighted by Gasteiger charge is -2.18. The molecule has 3 heterocycles. The number of hydrogen-bond donors (Lipinski definition) is 6. The zero-order chi connectivity index (χ0) is 29.3. The Hall–Kier alpha value is -4.51. The highest BCUT2D eigenvalue weighted by molar-refractivity contribution is 7.85. The number of carboxylic acids is 3. The van der Waals surface area contributed by atoms with Gasteiger partial charge in [0.2, 0.25) is 16.7 Å². The van der Waals surface area contributed by atoms with Crippen LogP contribution in [0.2, 0.25) is 0 Å². The van der Waals surface area contributed by atoms with Gasteiger partial charge >= 0.3 is 17.9 Å². The first-order valence-corrected chi connectivity index (χ1v) is 12.9. The fraction of sp³-hybridized carbons (Fsp3) is 0.250. The van der Waals surface area contributed by atoms with E-state index < -0.39 is 25.0 Å². The lowest BCUT2D eigenvalue weighted by atomic mass is 10.5. The van der Waals surface area contributed by atoms with Crippen LogP contribution >= 0.6 is 7.14 Å². The average Bonchev–Trinajstić information content (AvgIpc) is 2.90. The maximum atomic E-state index is 13.8. The van der Waals surface area contributed by atoms with Crippen molar-refractivity contribution in [2.24, 2.45) is 0 Å². The van der Waals surface area contributed by atoms with Gasteiger partial charge in [0, 0.05) is 72.0 Å². The molecule has 14 heteroatoms. The van der Waals surface area contributed by atoms with E-state index in [1.165, 1.54) is 55.0 Å². The fourth-order valence-electron chi connectivity index (χ4n) is 2.24. The largest absolute Gasteiger partial charge is 0.481 e. The molecule has 0 aromatic carbocycles. The van der Waals surface area contributed by atoms with Crippen molar-refractivity contribution in [3.05, 3.63) is 86.1 Å². The molecule has 0 saturated heterocycles. The lowest BCUT2D eigenvalue weighted by Crippen LogP contribution is -2.29. The van der Waals surface area contributed by atoms with Crippen LogP contribution in [0, 0.1) is 0 Å². The number of nitrogens with one attached hydrogen (secondary N) is 3. The van der Waals surface area contributed by atoms with Gasteiger partial charge in [0.1, 0.15) is 0 Å². The zero-order valence-corrected chi connectivity index (χ0v) is 21.9. The summed E-state index contributed by atoms with van der Waals surface area (Å²) in [5, 5.41) is 24.3. The van der Waals surface area contributed by atoms with E-state index in [9.17, 15) is 33.3 Å². The van der Waals surface area contributed by atoms with Crippen molar-refractivity contribution in [1.82, 2.24) is 15.0 Å². The quantitative estimate of drug-likeness (QED) is 0.236. The SMILES string of the molecule is CCC(=O)O.CCC(=O)O.CCC(=O)O.O=c1ccc(P(=O)(c2ccc(=O)[nH]c2)c2ccc(=O)[nH]c2)c[nH]1. The van der Waals surface area contributed by atoms with Gasteiger partial charge in [-0.25, -0.2) is 0 Å². The van der Waals surface area contributed by atoms with Gasteiger partial charge in [0.25, 0.3) is 0 Å². The summed E-state index contributed by atoms with van der Waals surface area (Å²) in [6.45, 7) is 4.80. The average molecular weight is 551 g/mol. The summed E-state index contributed by atoms with van der Waals surface area (Å²) in [6, 6.07) is 8.24. The van der Waals surface area contributed by atoms with E-state index >= 15 is 0 Å². The Kier molecular flexibility index (Phi) is 15.0. The minimum atomic E-state index is -3.35. The second kappa shape index (κ2) is 17.0. The van der Waals surface area contributed by atoms with Crippen LogP contribution < -0.4 is 32.6 Å². The third kappa shape index (κ3) is 12.0. The van der Waals surface area contributed by atoms with Crippen molar-refractivity contribution in [2.75, 3.05) is 0 Å². The molecule has 0 aliphatic rings. The monoisotopic (exact) mass is 551 g/mol. The van der Waals surface area contributed by atoms with Gasteiger partial charge in [0.15, 0.2) is 7.14 Å². The molecular formula is C24H30N3O10P. The maximum Gasteiger partial charge on any atom is 0.303 e. The molecule has 13 nitrogen and oxygen atoms in total. The van der Waals surface area contributed by atoms with Crippen molar-refractivity contribution in [1.29, 1.82) is 0 Å². The normalized spacial score (nSPS) is 9.76. The van der Waals surface area contributed by atoms with E-state index in [0.29, 0.717) is 15.9 Å². The third-order valence-corrected chi connectivity index (χ3v) is 7.32. The molecule has 0 fully saturated rings. The van der Waals surface area contributed by atoms with Gasteiger partial charge in [-0.2, -0.15) is 0 Å². The van der Waals surface area contributed by atoms with Crippen molar-refractivity contribution in [2.45, 2.75) is 40.0 Å². The molecule has 0 atom stereocenters. The minimum absolute atomic E-state index is 0.222. The molecule has 206 valence electrons. The number of pyridine rings is 3. The second-order valence-corrected chi connectivity index (χ2v) is 9.85. The van der Waals surface area contributed by atoms with Gasteiger partial charge in [-0.3, -0.25) is 28.8 Å². The Bertz CT molecular complexity index is 1190.